The van der Waals surface area contributed by atoms with E-state index in [4.69, 9.17) is 36.8 Å². The molecule has 0 fully saturated rings. The van der Waals surface area contributed by atoms with Gasteiger partial charge in [-0.25, -0.2) is 4.57 Å². The predicted molar refractivity (Wildman–Crippen MR) is 85.3 cm³/mol. The molecule has 0 bridgehead atoms. The molecule has 0 atom stereocenters. The van der Waals surface area contributed by atoms with Gasteiger partial charge in [-0.1, -0.05) is 39.1 Å². The SMILES string of the molecule is CCOP(=O)(OCC)OC(=CBr)c1ccc(Cl)cc1Cl. The van der Waals surface area contributed by atoms with Crippen molar-refractivity contribution in [3.05, 3.63) is 38.8 Å². The zero-order chi connectivity index (χ0) is 15.2. The number of phosphoric ester groups is 1. The van der Waals surface area contributed by atoms with Crippen LogP contribution in [0.2, 0.25) is 10.0 Å². The van der Waals surface area contributed by atoms with Gasteiger partial charge in [-0.15, -0.1) is 0 Å². The van der Waals surface area contributed by atoms with E-state index in [1.165, 1.54) is 4.99 Å². The largest absolute Gasteiger partial charge is 0.530 e. The molecule has 0 aliphatic heterocycles. The average molecular weight is 404 g/mol. The van der Waals surface area contributed by atoms with Crippen LogP contribution in [0.15, 0.2) is 23.2 Å². The maximum absolute atomic E-state index is 12.3. The first kappa shape index (κ1) is 18.0. The predicted octanol–water partition coefficient (Wildman–Crippen LogP) is 5.88. The number of hydrogen-bond donors (Lipinski definition) is 0. The summed E-state index contributed by atoms with van der Waals surface area (Å²) in [6.45, 7) is 3.78. The lowest BCUT2D eigenvalue weighted by atomic mass is 10.2. The van der Waals surface area contributed by atoms with Gasteiger partial charge in [-0.2, -0.15) is 0 Å². The lowest BCUT2D eigenvalue weighted by molar-refractivity contribution is 0.159. The second-order valence-electron chi connectivity index (χ2n) is 3.47. The first-order valence-electron chi connectivity index (χ1n) is 5.80. The summed E-state index contributed by atoms with van der Waals surface area (Å²) in [7, 11) is -3.68. The van der Waals surface area contributed by atoms with Crippen LogP contribution in [0.4, 0.5) is 0 Å². The van der Waals surface area contributed by atoms with Crippen LogP contribution in [-0.2, 0) is 18.1 Å². The maximum Gasteiger partial charge on any atom is 0.530 e. The standard InChI is InChI=1S/C12H14BrCl2O4P/c1-3-17-20(16,18-4-2)19-12(8-13)10-6-5-9(14)7-11(10)15/h5-8H,3-4H2,1-2H3. The normalized spacial score (nSPS) is 12.6. The Hall–Kier alpha value is -0.0300. The van der Waals surface area contributed by atoms with Gasteiger partial charge in [0.2, 0.25) is 0 Å². The van der Waals surface area contributed by atoms with Crippen LogP contribution in [-0.4, -0.2) is 13.2 Å². The molecule has 0 aliphatic carbocycles. The van der Waals surface area contributed by atoms with Crippen molar-refractivity contribution in [3.8, 4) is 0 Å². The van der Waals surface area contributed by atoms with Crippen molar-refractivity contribution in [3.63, 3.8) is 0 Å². The lowest BCUT2D eigenvalue weighted by Crippen LogP contribution is -2.00. The van der Waals surface area contributed by atoms with E-state index in [2.05, 4.69) is 15.9 Å². The molecule has 1 aromatic rings. The Morgan fingerprint density at radius 3 is 2.35 bits per heavy atom. The fourth-order valence-corrected chi connectivity index (χ4v) is 3.53. The van der Waals surface area contributed by atoms with E-state index in [9.17, 15) is 4.57 Å². The van der Waals surface area contributed by atoms with Gasteiger partial charge in [0.1, 0.15) is 5.76 Å². The van der Waals surface area contributed by atoms with E-state index in [1.807, 2.05) is 0 Å². The van der Waals surface area contributed by atoms with Crippen molar-refractivity contribution >= 4 is 52.7 Å². The first-order valence-corrected chi connectivity index (χ1v) is 8.93. The molecule has 0 radical (unpaired) electrons. The molecule has 112 valence electrons. The van der Waals surface area contributed by atoms with Gasteiger partial charge in [-0.05, 0) is 32.0 Å². The van der Waals surface area contributed by atoms with Gasteiger partial charge in [-0.3, -0.25) is 9.05 Å². The average Bonchev–Trinajstić information content (AvgIpc) is 2.37. The second kappa shape index (κ2) is 8.42. The second-order valence-corrected chi connectivity index (χ2v) is 6.37. The highest BCUT2D eigenvalue weighted by molar-refractivity contribution is 9.11. The fraction of sp³-hybridized carbons (Fsp3) is 0.333. The van der Waals surface area contributed by atoms with Crippen LogP contribution in [0.3, 0.4) is 0 Å². The molecule has 0 spiro atoms. The molecule has 1 rings (SSSR count). The maximum atomic E-state index is 12.3. The number of phosphoric acid groups is 1. The van der Waals surface area contributed by atoms with Crippen LogP contribution >= 0.6 is 47.0 Å². The minimum absolute atomic E-state index is 0.196. The Morgan fingerprint density at radius 1 is 1.30 bits per heavy atom. The van der Waals surface area contributed by atoms with E-state index in [0.29, 0.717) is 15.6 Å². The molecule has 4 nitrogen and oxygen atoms in total. The number of rotatable bonds is 7. The summed E-state index contributed by atoms with van der Waals surface area (Å²) in [4.78, 5) is 1.45. The van der Waals surface area contributed by atoms with Crippen LogP contribution < -0.4 is 0 Å². The summed E-state index contributed by atoms with van der Waals surface area (Å²) in [5.74, 6) is 0.233. The van der Waals surface area contributed by atoms with E-state index in [0.717, 1.165) is 0 Å². The molecule has 0 aliphatic rings. The molecule has 20 heavy (non-hydrogen) atoms. The molecule has 0 saturated carbocycles. The Labute approximate surface area is 136 Å². The third kappa shape index (κ3) is 5.06. The zero-order valence-electron chi connectivity index (χ0n) is 10.9. The van der Waals surface area contributed by atoms with E-state index >= 15 is 0 Å². The molecular weight excluding hydrogens is 390 g/mol. The van der Waals surface area contributed by atoms with Gasteiger partial charge < -0.3 is 4.52 Å². The van der Waals surface area contributed by atoms with Crippen LogP contribution in [0.5, 0.6) is 0 Å². The lowest BCUT2D eigenvalue weighted by Gasteiger charge is -2.19. The first-order chi connectivity index (χ1) is 9.45. The van der Waals surface area contributed by atoms with Gasteiger partial charge in [0.05, 0.1) is 18.2 Å². The highest BCUT2D eigenvalue weighted by atomic mass is 79.9. The summed E-state index contributed by atoms with van der Waals surface area (Å²) >= 11 is 15.1. The fourth-order valence-electron chi connectivity index (χ4n) is 1.34. The van der Waals surface area contributed by atoms with Crippen molar-refractivity contribution in [1.82, 2.24) is 0 Å². The summed E-state index contributed by atoms with van der Waals surface area (Å²) in [6, 6.07) is 4.86. The minimum Gasteiger partial charge on any atom is -0.403 e. The Morgan fingerprint density at radius 2 is 1.90 bits per heavy atom. The van der Waals surface area contributed by atoms with Crippen molar-refractivity contribution in [2.75, 3.05) is 13.2 Å². The molecule has 1 aromatic carbocycles. The molecule has 0 amide bonds. The monoisotopic (exact) mass is 402 g/mol. The van der Waals surface area contributed by atoms with Crippen LogP contribution in [0.1, 0.15) is 19.4 Å². The van der Waals surface area contributed by atoms with Gasteiger partial charge in [0, 0.05) is 15.6 Å². The molecule has 0 saturated heterocycles. The molecule has 0 aromatic heterocycles. The Balaban J connectivity index is 3.05. The van der Waals surface area contributed by atoms with Crippen LogP contribution in [0, 0.1) is 0 Å². The number of benzene rings is 1. The number of halogens is 3. The van der Waals surface area contributed by atoms with Crippen molar-refractivity contribution in [2.24, 2.45) is 0 Å². The number of hydrogen-bond acceptors (Lipinski definition) is 4. The van der Waals surface area contributed by atoms with Gasteiger partial charge in [0.25, 0.3) is 0 Å². The topological polar surface area (TPSA) is 44.8 Å². The smallest absolute Gasteiger partial charge is 0.403 e. The summed E-state index contributed by atoms with van der Waals surface area (Å²) in [5, 5.41) is 0.855. The van der Waals surface area contributed by atoms with Gasteiger partial charge in [0.15, 0.2) is 0 Å². The van der Waals surface area contributed by atoms with E-state index in [1.54, 1.807) is 32.0 Å². The quantitative estimate of drug-likeness (QED) is 0.421. The summed E-state index contributed by atoms with van der Waals surface area (Å²) in [6.07, 6.45) is 0. The Bertz CT molecular complexity index is 526. The highest BCUT2D eigenvalue weighted by Crippen LogP contribution is 2.53. The van der Waals surface area contributed by atoms with E-state index < -0.39 is 7.82 Å². The zero-order valence-corrected chi connectivity index (χ0v) is 14.9. The molecule has 0 unspecified atom stereocenters. The van der Waals surface area contributed by atoms with E-state index in [-0.39, 0.29) is 19.0 Å². The van der Waals surface area contributed by atoms with Gasteiger partial charge >= 0.3 is 7.82 Å². The third-order valence-electron chi connectivity index (χ3n) is 2.08. The van der Waals surface area contributed by atoms with Crippen molar-refractivity contribution < 1.29 is 18.1 Å². The minimum atomic E-state index is -3.68. The molecule has 0 heterocycles. The summed E-state index contributed by atoms with van der Waals surface area (Å²) in [5.41, 5.74) is 0.521. The summed E-state index contributed by atoms with van der Waals surface area (Å²) < 4.78 is 27.8. The third-order valence-corrected chi connectivity index (χ3v) is 4.61. The molecular formula is C12H14BrCl2O4P. The van der Waals surface area contributed by atoms with Crippen molar-refractivity contribution in [2.45, 2.75) is 13.8 Å². The highest BCUT2D eigenvalue weighted by Gasteiger charge is 2.29. The molecule has 8 heteroatoms. The van der Waals surface area contributed by atoms with Crippen LogP contribution in [0.25, 0.3) is 5.76 Å². The molecule has 0 N–H and O–H groups in total. The van der Waals surface area contributed by atoms with Crippen molar-refractivity contribution in [1.29, 1.82) is 0 Å². The Kier molecular flexibility index (Phi) is 7.59.